The summed E-state index contributed by atoms with van der Waals surface area (Å²) >= 11 is 0. The SMILES string of the molecule is CC(C)(C)OC(=O)N1CCN(Cc2ccc(CN)cc2)CC1.CC(C)(C)OC(=O)N1CCN(Cc2ccc(CNC(=O)C3COc4ccc(OCc5ccccc5)cc4O3)cc2)CC1.O=C(O)C1COc2ccc(OCc3ccccc3)cc2O1. The number of hydrogen-bond donors (Lipinski definition) is 3. The molecule has 10 rings (SSSR count). The molecule has 85 heavy (non-hydrogen) atoms. The molecule has 452 valence electrons. The molecule has 19 heteroatoms. The summed E-state index contributed by atoms with van der Waals surface area (Å²) in [5.41, 5.74) is 11.4. The zero-order valence-electron chi connectivity index (χ0n) is 49.5. The Labute approximate surface area is 498 Å². The number of nitrogens with two attached hydrogens (primary N) is 1. The maximum Gasteiger partial charge on any atom is 0.410 e. The number of amides is 3. The molecule has 4 heterocycles. The van der Waals surface area contributed by atoms with E-state index in [-0.39, 0.29) is 31.3 Å². The van der Waals surface area contributed by atoms with Gasteiger partial charge in [0.05, 0.1) is 0 Å². The van der Waals surface area contributed by atoms with Crippen LogP contribution in [0.15, 0.2) is 146 Å². The van der Waals surface area contributed by atoms with Gasteiger partial charge in [-0.15, -0.1) is 0 Å². The van der Waals surface area contributed by atoms with Crippen LogP contribution in [-0.2, 0) is 58.5 Å². The minimum Gasteiger partial charge on any atom is -0.489 e. The fourth-order valence-electron chi connectivity index (χ4n) is 9.21. The summed E-state index contributed by atoms with van der Waals surface area (Å²) in [7, 11) is 0. The highest BCUT2D eigenvalue weighted by Crippen LogP contribution is 2.37. The monoisotopic (exact) mass is 1160 g/mol. The quantitative estimate of drug-likeness (QED) is 0.0873. The summed E-state index contributed by atoms with van der Waals surface area (Å²) < 4.78 is 44.9. The highest BCUT2D eigenvalue weighted by Gasteiger charge is 2.31. The maximum absolute atomic E-state index is 12.9. The molecule has 4 aliphatic heterocycles. The largest absolute Gasteiger partial charge is 0.489 e. The molecule has 2 saturated heterocycles. The average molecular weight is 1170 g/mol. The van der Waals surface area contributed by atoms with E-state index in [1.807, 2.05) is 120 Å². The standard InChI is InChI=1S/C33H39N3O6.C17H27N3O2.C16H14O5/c1-33(2,3)42-32(38)36-17-15-35(16-18-36)21-25-11-9-24(10-12-25)20-34-31(37)30-23-40-28-14-13-27(19-29(28)41-30)39-22-26-7-5-4-6-8-26;1-17(2,3)22-16(21)20-10-8-19(9-11-20)13-15-6-4-14(12-18)5-7-15;17-16(18)15-10-20-13-7-6-12(8-14(13)21-15)19-9-11-4-2-1-3-5-11/h4-14,19,30H,15-18,20-23H2,1-3H3,(H,34,37);4-7H,8-13,18H2,1-3H3;1-8,15H,9-10H2,(H,17,18). The first-order valence-electron chi connectivity index (χ1n) is 28.8. The van der Waals surface area contributed by atoms with Crippen LogP contribution >= 0.6 is 0 Å². The van der Waals surface area contributed by atoms with Crippen LogP contribution in [0, 0.1) is 0 Å². The molecule has 0 radical (unpaired) electrons. The Balaban J connectivity index is 0.000000183. The maximum atomic E-state index is 12.9. The molecule has 0 saturated carbocycles. The van der Waals surface area contributed by atoms with Gasteiger partial charge in [0.2, 0.25) is 12.2 Å². The zero-order valence-corrected chi connectivity index (χ0v) is 49.5. The number of carboxylic acids is 1. The predicted octanol–water partition coefficient (Wildman–Crippen LogP) is 9.46. The fourth-order valence-corrected chi connectivity index (χ4v) is 9.21. The minimum absolute atomic E-state index is 0.00650. The number of nitrogens with one attached hydrogen (secondary N) is 1. The van der Waals surface area contributed by atoms with Crippen LogP contribution in [0.5, 0.6) is 34.5 Å². The molecule has 6 aromatic rings. The normalized spacial score (nSPS) is 16.7. The van der Waals surface area contributed by atoms with Crippen molar-refractivity contribution in [3.63, 3.8) is 0 Å². The molecule has 6 aromatic carbocycles. The van der Waals surface area contributed by atoms with E-state index >= 15 is 0 Å². The zero-order chi connectivity index (χ0) is 60.3. The number of carbonyl (C=O) groups excluding carboxylic acids is 3. The molecule has 4 aliphatic rings. The van der Waals surface area contributed by atoms with Crippen molar-refractivity contribution < 1.29 is 62.2 Å². The molecule has 0 aromatic heterocycles. The fraction of sp³-hybridized carbons (Fsp3) is 0.394. The van der Waals surface area contributed by atoms with Gasteiger partial charge in [-0.1, -0.05) is 109 Å². The van der Waals surface area contributed by atoms with Crippen LogP contribution in [-0.4, -0.2) is 138 Å². The van der Waals surface area contributed by atoms with E-state index in [0.717, 1.165) is 74.6 Å². The molecule has 0 spiro atoms. The number of hydrogen-bond acceptors (Lipinski definition) is 15. The third-order valence-corrected chi connectivity index (χ3v) is 13.8. The minimum atomic E-state index is -1.05. The van der Waals surface area contributed by atoms with E-state index in [0.29, 0.717) is 73.9 Å². The first kappa shape index (κ1) is 62.5. The average Bonchev–Trinajstić information content (AvgIpc) is 3.31. The third kappa shape index (κ3) is 20.1. The number of nitrogens with zero attached hydrogens (tertiary/aromatic N) is 4. The molecular formula is C66H80N6O13. The van der Waals surface area contributed by atoms with Crippen LogP contribution in [0.1, 0.15) is 74.9 Å². The first-order chi connectivity index (χ1) is 40.8. The lowest BCUT2D eigenvalue weighted by molar-refractivity contribution is -0.147. The van der Waals surface area contributed by atoms with Crippen molar-refractivity contribution in [2.24, 2.45) is 5.73 Å². The Kier molecular flexibility index (Phi) is 21.9. The Morgan fingerprint density at radius 2 is 0.906 bits per heavy atom. The Hall–Kier alpha value is -8.52. The third-order valence-electron chi connectivity index (χ3n) is 13.8. The van der Waals surface area contributed by atoms with Gasteiger partial charge in [-0.2, -0.15) is 0 Å². The van der Waals surface area contributed by atoms with Crippen molar-refractivity contribution in [3.05, 3.63) is 179 Å². The second kappa shape index (κ2) is 29.8. The molecule has 3 amide bonds. The topological polar surface area (TPSA) is 213 Å². The van der Waals surface area contributed by atoms with E-state index in [2.05, 4.69) is 51.5 Å². The van der Waals surface area contributed by atoms with Gasteiger partial charge in [0, 0.05) is 90.7 Å². The number of rotatable bonds is 15. The van der Waals surface area contributed by atoms with Crippen molar-refractivity contribution in [2.45, 2.75) is 104 Å². The molecule has 2 unspecified atom stereocenters. The van der Waals surface area contributed by atoms with Gasteiger partial charge in [-0.05, 0) is 99.2 Å². The number of piperazine rings is 2. The van der Waals surface area contributed by atoms with Gasteiger partial charge in [0.25, 0.3) is 5.91 Å². The second-order valence-electron chi connectivity index (χ2n) is 23.0. The number of benzene rings is 6. The summed E-state index contributed by atoms with van der Waals surface area (Å²) in [5.74, 6) is 1.97. The second-order valence-corrected chi connectivity index (χ2v) is 23.0. The van der Waals surface area contributed by atoms with Crippen LogP contribution in [0.3, 0.4) is 0 Å². The smallest absolute Gasteiger partial charge is 0.410 e. The lowest BCUT2D eigenvalue weighted by Crippen LogP contribution is -2.49. The number of ether oxygens (including phenoxy) is 8. The summed E-state index contributed by atoms with van der Waals surface area (Å²) in [6.07, 6.45) is -2.19. The molecular weight excluding hydrogens is 1080 g/mol. The van der Waals surface area contributed by atoms with Crippen molar-refractivity contribution >= 4 is 24.1 Å². The number of fused-ring (bicyclic) bond motifs is 2. The highest BCUT2D eigenvalue weighted by molar-refractivity contribution is 5.81. The number of aliphatic carboxylic acids is 1. The molecule has 0 aliphatic carbocycles. The molecule has 2 fully saturated rings. The van der Waals surface area contributed by atoms with Crippen LogP contribution in [0.2, 0.25) is 0 Å². The van der Waals surface area contributed by atoms with Gasteiger partial charge in [0.15, 0.2) is 23.0 Å². The van der Waals surface area contributed by atoms with E-state index in [4.69, 9.17) is 48.7 Å². The lowest BCUT2D eigenvalue weighted by atomic mass is 10.1. The summed E-state index contributed by atoms with van der Waals surface area (Å²) in [4.78, 5) is 56.4. The highest BCUT2D eigenvalue weighted by atomic mass is 16.6. The summed E-state index contributed by atoms with van der Waals surface area (Å²) in [5, 5.41) is 11.9. The van der Waals surface area contributed by atoms with E-state index in [9.17, 15) is 19.2 Å². The van der Waals surface area contributed by atoms with Gasteiger partial charge < -0.3 is 63.9 Å². The number of carbonyl (C=O) groups is 4. The molecule has 2 atom stereocenters. The summed E-state index contributed by atoms with van der Waals surface area (Å²) in [6, 6.07) is 46.8. The van der Waals surface area contributed by atoms with Crippen LogP contribution < -0.4 is 39.5 Å². The van der Waals surface area contributed by atoms with Crippen molar-refractivity contribution in [3.8, 4) is 34.5 Å². The van der Waals surface area contributed by atoms with Gasteiger partial charge >= 0.3 is 18.2 Å². The summed E-state index contributed by atoms with van der Waals surface area (Å²) in [6.45, 7) is 21.1. The van der Waals surface area contributed by atoms with E-state index < -0.39 is 29.4 Å². The Bertz CT molecular complexity index is 3100. The van der Waals surface area contributed by atoms with Crippen LogP contribution in [0.25, 0.3) is 0 Å². The van der Waals surface area contributed by atoms with Crippen molar-refractivity contribution in [1.82, 2.24) is 24.9 Å². The Morgan fingerprint density at radius 1 is 0.506 bits per heavy atom. The van der Waals surface area contributed by atoms with E-state index in [1.54, 1.807) is 40.1 Å². The Morgan fingerprint density at radius 3 is 1.32 bits per heavy atom. The molecule has 0 bridgehead atoms. The van der Waals surface area contributed by atoms with E-state index in [1.165, 1.54) is 11.1 Å². The van der Waals surface area contributed by atoms with Gasteiger partial charge in [-0.3, -0.25) is 14.6 Å². The van der Waals surface area contributed by atoms with Gasteiger partial charge in [0.1, 0.15) is 49.1 Å². The van der Waals surface area contributed by atoms with Crippen molar-refractivity contribution in [2.75, 3.05) is 65.6 Å². The van der Waals surface area contributed by atoms with Gasteiger partial charge in [-0.25, -0.2) is 14.4 Å². The van der Waals surface area contributed by atoms with Crippen molar-refractivity contribution in [1.29, 1.82) is 0 Å². The van der Waals surface area contributed by atoms with Crippen LogP contribution in [0.4, 0.5) is 9.59 Å². The molecule has 4 N–H and O–H groups in total. The predicted molar refractivity (Wildman–Crippen MR) is 321 cm³/mol. The first-order valence-corrected chi connectivity index (χ1v) is 28.8. The molecule has 19 nitrogen and oxygen atoms in total. The number of carboxylic acid groups (broad SMARTS) is 1. The lowest BCUT2D eigenvalue weighted by Gasteiger charge is -2.35.